The van der Waals surface area contributed by atoms with Gasteiger partial charge >= 0.3 is 0 Å². The molecule has 100 valence electrons. The van der Waals surface area contributed by atoms with Gasteiger partial charge in [-0.15, -0.1) is 0 Å². The van der Waals surface area contributed by atoms with Crippen molar-refractivity contribution in [2.45, 2.75) is 32.7 Å². The Labute approximate surface area is 109 Å². The van der Waals surface area contributed by atoms with Gasteiger partial charge in [0.2, 0.25) is 0 Å². The highest BCUT2D eigenvalue weighted by Crippen LogP contribution is 2.10. The van der Waals surface area contributed by atoms with Crippen LogP contribution in [-0.2, 0) is 0 Å². The molecule has 0 unspecified atom stereocenters. The van der Waals surface area contributed by atoms with Crippen molar-refractivity contribution in [2.24, 2.45) is 0 Å². The minimum atomic E-state index is 0.0958. The Bertz CT molecular complexity index is 347. The van der Waals surface area contributed by atoms with Crippen LogP contribution in [0.1, 0.15) is 37.0 Å². The number of hydrogen-bond donors (Lipinski definition) is 1. The molecule has 1 rings (SSSR count). The predicted octanol–water partition coefficient (Wildman–Crippen LogP) is 2.35. The molecule has 18 heavy (non-hydrogen) atoms. The lowest BCUT2D eigenvalue weighted by Crippen LogP contribution is -2.40. The maximum Gasteiger partial charge on any atom is 0.176 e. The Kier molecular flexibility index (Phi) is 6.61. The van der Waals surface area contributed by atoms with Crippen molar-refractivity contribution >= 4 is 5.78 Å². The summed E-state index contributed by atoms with van der Waals surface area (Å²) in [5, 5.41) is 9.11. The number of carbonyl (C=O) groups is 1. The molecule has 0 heterocycles. The van der Waals surface area contributed by atoms with Gasteiger partial charge in [0.1, 0.15) is 0 Å². The van der Waals surface area contributed by atoms with Gasteiger partial charge < -0.3 is 5.11 Å². The molecule has 1 N–H and O–H groups in total. The summed E-state index contributed by atoms with van der Waals surface area (Å²) < 4.78 is 0. The molecule has 0 atom stereocenters. The molecule has 0 bridgehead atoms. The van der Waals surface area contributed by atoms with E-state index < -0.39 is 0 Å². The second-order valence-electron chi connectivity index (χ2n) is 4.45. The highest BCUT2D eigenvalue weighted by Gasteiger charge is 2.18. The Balaban J connectivity index is 2.68. The fourth-order valence-corrected chi connectivity index (χ4v) is 2.22. The lowest BCUT2D eigenvalue weighted by atomic mass is 10.1. The zero-order valence-electron chi connectivity index (χ0n) is 11.3. The van der Waals surface area contributed by atoms with Crippen molar-refractivity contribution < 1.29 is 9.90 Å². The second-order valence-corrected chi connectivity index (χ2v) is 4.45. The van der Waals surface area contributed by atoms with E-state index in [1.807, 2.05) is 30.3 Å². The SMILES string of the molecule is CCC(CC)N(CCO)CC(=O)c1ccccc1. The predicted molar refractivity (Wildman–Crippen MR) is 73.8 cm³/mol. The van der Waals surface area contributed by atoms with Gasteiger partial charge in [-0.1, -0.05) is 44.2 Å². The largest absolute Gasteiger partial charge is 0.395 e. The van der Waals surface area contributed by atoms with Gasteiger partial charge in [0.15, 0.2) is 5.78 Å². The fourth-order valence-electron chi connectivity index (χ4n) is 2.22. The van der Waals surface area contributed by atoms with E-state index in [0.717, 1.165) is 18.4 Å². The van der Waals surface area contributed by atoms with Crippen LogP contribution in [0.3, 0.4) is 0 Å². The number of Topliss-reactive ketones (excluding diaryl/α,β-unsaturated/α-hetero) is 1. The minimum Gasteiger partial charge on any atom is -0.395 e. The third kappa shape index (κ3) is 4.24. The van der Waals surface area contributed by atoms with Crippen LogP contribution >= 0.6 is 0 Å². The number of benzene rings is 1. The first-order chi connectivity index (χ1) is 8.72. The quantitative estimate of drug-likeness (QED) is 0.719. The Morgan fingerprint density at radius 1 is 1.22 bits per heavy atom. The van der Waals surface area contributed by atoms with E-state index in [9.17, 15) is 4.79 Å². The average Bonchev–Trinajstić information content (AvgIpc) is 2.41. The van der Waals surface area contributed by atoms with E-state index in [2.05, 4.69) is 18.7 Å². The Morgan fingerprint density at radius 3 is 2.33 bits per heavy atom. The Morgan fingerprint density at radius 2 is 1.83 bits per heavy atom. The third-order valence-electron chi connectivity index (χ3n) is 3.29. The summed E-state index contributed by atoms with van der Waals surface area (Å²) in [6.45, 7) is 5.28. The van der Waals surface area contributed by atoms with Crippen LogP contribution in [0.4, 0.5) is 0 Å². The number of nitrogens with zero attached hydrogens (tertiary/aromatic N) is 1. The van der Waals surface area contributed by atoms with Crippen molar-refractivity contribution in [3.63, 3.8) is 0 Å². The van der Waals surface area contributed by atoms with Crippen LogP contribution in [0.5, 0.6) is 0 Å². The third-order valence-corrected chi connectivity index (χ3v) is 3.29. The zero-order chi connectivity index (χ0) is 13.4. The van der Waals surface area contributed by atoms with Crippen LogP contribution in [0.15, 0.2) is 30.3 Å². The maximum absolute atomic E-state index is 12.1. The minimum absolute atomic E-state index is 0.0958. The smallest absolute Gasteiger partial charge is 0.176 e. The molecule has 3 heteroatoms. The fraction of sp³-hybridized carbons (Fsp3) is 0.533. The molecule has 0 saturated heterocycles. The molecule has 0 spiro atoms. The van der Waals surface area contributed by atoms with Gasteiger partial charge in [-0.3, -0.25) is 9.69 Å². The lowest BCUT2D eigenvalue weighted by molar-refractivity contribution is 0.0850. The first-order valence-corrected chi connectivity index (χ1v) is 6.66. The van der Waals surface area contributed by atoms with Gasteiger partial charge in [-0.05, 0) is 12.8 Å². The second kappa shape index (κ2) is 8.01. The van der Waals surface area contributed by atoms with Gasteiger partial charge in [-0.25, -0.2) is 0 Å². The van der Waals surface area contributed by atoms with Crippen LogP contribution in [-0.4, -0.2) is 41.5 Å². The molecule has 0 aromatic heterocycles. The molecule has 0 aliphatic carbocycles. The van der Waals surface area contributed by atoms with Gasteiger partial charge in [0, 0.05) is 18.2 Å². The number of aliphatic hydroxyl groups excluding tert-OH is 1. The van der Waals surface area contributed by atoms with Crippen molar-refractivity contribution in [1.29, 1.82) is 0 Å². The molecule has 0 saturated carbocycles. The number of carbonyl (C=O) groups excluding carboxylic acids is 1. The molecule has 1 aromatic rings. The summed E-state index contributed by atoms with van der Waals surface area (Å²) in [6, 6.07) is 9.70. The van der Waals surface area contributed by atoms with E-state index in [4.69, 9.17) is 5.11 Å². The molecule has 3 nitrogen and oxygen atoms in total. The molecule has 0 radical (unpaired) electrons. The summed E-state index contributed by atoms with van der Waals surface area (Å²) in [7, 11) is 0. The highest BCUT2D eigenvalue weighted by molar-refractivity contribution is 5.97. The van der Waals surface area contributed by atoms with Crippen molar-refractivity contribution in [1.82, 2.24) is 4.90 Å². The molecular weight excluding hydrogens is 226 g/mol. The standard InChI is InChI=1S/C15H23NO2/c1-3-14(4-2)16(10-11-17)12-15(18)13-8-6-5-7-9-13/h5-9,14,17H,3-4,10-12H2,1-2H3. The zero-order valence-corrected chi connectivity index (χ0v) is 11.3. The van der Waals surface area contributed by atoms with Crippen LogP contribution in [0, 0.1) is 0 Å². The molecule has 0 fully saturated rings. The number of aliphatic hydroxyl groups is 1. The van der Waals surface area contributed by atoms with Crippen molar-refractivity contribution in [2.75, 3.05) is 19.7 Å². The Hall–Kier alpha value is -1.19. The molecular formula is C15H23NO2. The summed E-state index contributed by atoms with van der Waals surface area (Å²) in [4.78, 5) is 14.2. The topological polar surface area (TPSA) is 40.5 Å². The molecule has 1 aromatic carbocycles. The van der Waals surface area contributed by atoms with Crippen LogP contribution < -0.4 is 0 Å². The maximum atomic E-state index is 12.1. The van der Waals surface area contributed by atoms with Gasteiger partial charge in [0.25, 0.3) is 0 Å². The van der Waals surface area contributed by atoms with E-state index in [1.54, 1.807) is 0 Å². The van der Waals surface area contributed by atoms with E-state index in [-0.39, 0.29) is 12.4 Å². The van der Waals surface area contributed by atoms with Gasteiger partial charge in [0.05, 0.1) is 13.2 Å². The summed E-state index contributed by atoms with van der Waals surface area (Å²) >= 11 is 0. The number of ketones is 1. The highest BCUT2D eigenvalue weighted by atomic mass is 16.3. The van der Waals surface area contributed by atoms with Crippen LogP contribution in [0.25, 0.3) is 0 Å². The molecule has 0 aliphatic heterocycles. The van der Waals surface area contributed by atoms with E-state index >= 15 is 0 Å². The summed E-state index contributed by atoms with van der Waals surface area (Å²) in [5.74, 6) is 0.121. The van der Waals surface area contributed by atoms with Crippen molar-refractivity contribution in [3.8, 4) is 0 Å². The number of rotatable bonds is 8. The average molecular weight is 249 g/mol. The molecule has 0 amide bonds. The lowest BCUT2D eigenvalue weighted by Gasteiger charge is -2.29. The number of hydrogen-bond acceptors (Lipinski definition) is 3. The van der Waals surface area contributed by atoms with Gasteiger partial charge in [-0.2, -0.15) is 0 Å². The monoisotopic (exact) mass is 249 g/mol. The normalized spacial score (nSPS) is 11.2. The first kappa shape index (κ1) is 14.9. The summed E-state index contributed by atoms with van der Waals surface area (Å²) in [6.07, 6.45) is 2.00. The van der Waals surface area contributed by atoms with Crippen LogP contribution in [0.2, 0.25) is 0 Å². The summed E-state index contributed by atoms with van der Waals surface area (Å²) in [5.41, 5.74) is 0.742. The first-order valence-electron chi connectivity index (χ1n) is 6.66. The van der Waals surface area contributed by atoms with E-state index in [0.29, 0.717) is 19.1 Å². The molecule has 0 aliphatic rings. The van der Waals surface area contributed by atoms with Crippen molar-refractivity contribution in [3.05, 3.63) is 35.9 Å². The van der Waals surface area contributed by atoms with E-state index in [1.165, 1.54) is 0 Å².